The number of nitrogens with one attached hydrogen (secondary N) is 1. The van der Waals surface area contributed by atoms with Crippen molar-refractivity contribution in [3.63, 3.8) is 0 Å². The Morgan fingerprint density at radius 2 is 1.78 bits per heavy atom. The molecule has 7 heteroatoms. The predicted molar refractivity (Wildman–Crippen MR) is 120 cm³/mol. The summed E-state index contributed by atoms with van der Waals surface area (Å²) in [7, 11) is 0. The third-order valence-electron chi connectivity index (χ3n) is 5.15. The standard InChI is InChI=1S/C25H22FN3O3/c26-21-10-6-19(7-11-21)17-32-23-12-8-18(9-13-23)15-27-28-25(31)20-14-24(30)29(16-20)22-4-2-1-3-5-22/h1-13,15,20H,14,16-17H2,(H,28,31)/b27-15-/t20-/m0/s1. The van der Waals surface area contributed by atoms with Crippen LogP contribution in [-0.4, -0.2) is 24.6 Å². The molecule has 1 saturated heterocycles. The van der Waals surface area contributed by atoms with Gasteiger partial charge in [-0.15, -0.1) is 0 Å². The molecule has 6 nitrogen and oxygen atoms in total. The van der Waals surface area contributed by atoms with E-state index in [4.69, 9.17) is 4.74 Å². The van der Waals surface area contributed by atoms with Crippen LogP contribution in [-0.2, 0) is 16.2 Å². The third-order valence-corrected chi connectivity index (χ3v) is 5.15. The summed E-state index contributed by atoms with van der Waals surface area (Å²) in [4.78, 5) is 26.3. The van der Waals surface area contributed by atoms with Gasteiger partial charge in [-0.1, -0.05) is 30.3 Å². The van der Waals surface area contributed by atoms with Crippen LogP contribution < -0.4 is 15.1 Å². The number of amides is 2. The second-order valence-electron chi connectivity index (χ2n) is 7.46. The van der Waals surface area contributed by atoms with Gasteiger partial charge < -0.3 is 9.64 Å². The second-order valence-corrected chi connectivity index (χ2v) is 7.46. The van der Waals surface area contributed by atoms with Crippen molar-refractivity contribution in [2.45, 2.75) is 13.0 Å². The second kappa shape index (κ2) is 9.87. The van der Waals surface area contributed by atoms with Crippen LogP contribution in [0.5, 0.6) is 5.75 Å². The van der Waals surface area contributed by atoms with Gasteiger partial charge in [0.15, 0.2) is 0 Å². The molecule has 0 aliphatic carbocycles. The maximum atomic E-state index is 12.9. The number of ether oxygens (including phenoxy) is 1. The number of rotatable bonds is 7. The van der Waals surface area contributed by atoms with Gasteiger partial charge in [-0.25, -0.2) is 9.82 Å². The number of benzene rings is 3. The Morgan fingerprint density at radius 3 is 2.50 bits per heavy atom. The largest absolute Gasteiger partial charge is 0.489 e. The normalized spacial score (nSPS) is 15.8. The molecule has 0 unspecified atom stereocenters. The third kappa shape index (κ3) is 5.37. The van der Waals surface area contributed by atoms with E-state index in [-0.39, 0.29) is 24.1 Å². The average Bonchev–Trinajstić information content (AvgIpc) is 3.22. The van der Waals surface area contributed by atoms with Crippen LogP contribution in [0, 0.1) is 11.7 Å². The molecule has 2 amide bonds. The maximum absolute atomic E-state index is 12.9. The monoisotopic (exact) mass is 431 g/mol. The zero-order valence-corrected chi connectivity index (χ0v) is 17.3. The van der Waals surface area contributed by atoms with Gasteiger partial charge in [0, 0.05) is 18.7 Å². The summed E-state index contributed by atoms with van der Waals surface area (Å²) in [6.07, 6.45) is 1.70. The number of carbonyl (C=O) groups excluding carboxylic acids is 2. The summed E-state index contributed by atoms with van der Waals surface area (Å²) >= 11 is 0. The quantitative estimate of drug-likeness (QED) is 0.456. The minimum Gasteiger partial charge on any atom is -0.489 e. The molecular weight excluding hydrogens is 409 g/mol. The number of hydrogen-bond donors (Lipinski definition) is 1. The fourth-order valence-corrected chi connectivity index (χ4v) is 3.40. The molecule has 1 aliphatic rings. The van der Waals surface area contributed by atoms with Crippen molar-refractivity contribution in [2.24, 2.45) is 11.0 Å². The van der Waals surface area contributed by atoms with Crippen molar-refractivity contribution in [1.29, 1.82) is 0 Å². The van der Waals surface area contributed by atoms with E-state index in [1.165, 1.54) is 18.3 Å². The highest BCUT2D eigenvalue weighted by Crippen LogP contribution is 2.24. The van der Waals surface area contributed by atoms with Crippen LogP contribution in [0.3, 0.4) is 0 Å². The number of halogens is 1. The van der Waals surface area contributed by atoms with E-state index >= 15 is 0 Å². The molecule has 32 heavy (non-hydrogen) atoms. The Bertz CT molecular complexity index is 1100. The zero-order valence-electron chi connectivity index (χ0n) is 17.3. The van der Waals surface area contributed by atoms with E-state index in [1.54, 1.807) is 29.2 Å². The maximum Gasteiger partial charge on any atom is 0.245 e. The van der Waals surface area contributed by atoms with E-state index in [1.807, 2.05) is 42.5 Å². The summed E-state index contributed by atoms with van der Waals surface area (Å²) < 4.78 is 18.6. The van der Waals surface area contributed by atoms with Crippen LogP contribution in [0.1, 0.15) is 17.5 Å². The lowest BCUT2D eigenvalue weighted by molar-refractivity contribution is -0.126. The first-order chi connectivity index (χ1) is 15.6. The van der Waals surface area contributed by atoms with Gasteiger partial charge in [-0.05, 0) is 59.7 Å². The van der Waals surface area contributed by atoms with Gasteiger partial charge in [0.05, 0.1) is 12.1 Å². The Hall–Kier alpha value is -4.00. The summed E-state index contributed by atoms with van der Waals surface area (Å²) in [6, 6.07) is 22.7. The Labute approximate surface area is 185 Å². The number of hydrazone groups is 1. The molecule has 1 atom stereocenters. The lowest BCUT2D eigenvalue weighted by atomic mass is 10.1. The number of hydrogen-bond acceptors (Lipinski definition) is 4. The van der Waals surface area contributed by atoms with E-state index in [2.05, 4.69) is 10.5 Å². The van der Waals surface area contributed by atoms with Crippen molar-refractivity contribution in [3.8, 4) is 5.75 Å². The first-order valence-corrected chi connectivity index (χ1v) is 10.2. The molecule has 3 aromatic rings. The molecule has 0 spiro atoms. The SMILES string of the molecule is O=C(N/N=C\c1ccc(OCc2ccc(F)cc2)cc1)[C@H]1CC(=O)N(c2ccccc2)C1. The van der Waals surface area contributed by atoms with Crippen LogP contribution in [0.2, 0.25) is 0 Å². The number of para-hydroxylation sites is 1. The lowest BCUT2D eigenvalue weighted by Crippen LogP contribution is -2.30. The Kier molecular flexibility index (Phi) is 6.55. The van der Waals surface area contributed by atoms with Gasteiger partial charge in [0.1, 0.15) is 18.2 Å². The minimum atomic E-state index is -0.443. The molecule has 1 N–H and O–H groups in total. The molecule has 0 radical (unpaired) electrons. The first-order valence-electron chi connectivity index (χ1n) is 10.2. The molecule has 4 rings (SSSR count). The molecule has 1 aliphatic heterocycles. The van der Waals surface area contributed by atoms with Crippen molar-refractivity contribution in [1.82, 2.24) is 5.43 Å². The molecule has 162 valence electrons. The smallest absolute Gasteiger partial charge is 0.245 e. The Morgan fingerprint density at radius 1 is 1.06 bits per heavy atom. The van der Waals surface area contributed by atoms with Gasteiger partial charge in [-0.3, -0.25) is 9.59 Å². The van der Waals surface area contributed by atoms with E-state index in [9.17, 15) is 14.0 Å². The summed E-state index contributed by atoms with van der Waals surface area (Å²) in [5.41, 5.74) is 4.97. The molecule has 1 fully saturated rings. The van der Waals surface area contributed by atoms with Crippen molar-refractivity contribution in [3.05, 3.63) is 95.8 Å². The molecule has 1 heterocycles. The highest BCUT2D eigenvalue weighted by molar-refractivity contribution is 6.00. The van der Waals surface area contributed by atoms with Crippen LogP contribution >= 0.6 is 0 Å². The minimum absolute atomic E-state index is 0.0726. The van der Waals surface area contributed by atoms with Gasteiger partial charge in [-0.2, -0.15) is 5.10 Å². The highest BCUT2D eigenvalue weighted by atomic mass is 19.1. The van der Waals surface area contributed by atoms with Gasteiger partial charge in [0.2, 0.25) is 11.8 Å². The molecule has 0 saturated carbocycles. The lowest BCUT2D eigenvalue weighted by Gasteiger charge is -2.16. The molecule has 0 aromatic heterocycles. The van der Waals surface area contributed by atoms with Crippen LogP contribution in [0.4, 0.5) is 10.1 Å². The number of carbonyl (C=O) groups is 2. The van der Waals surface area contributed by atoms with E-state index in [0.29, 0.717) is 18.9 Å². The van der Waals surface area contributed by atoms with Crippen molar-refractivity contribution < 1.29 is 18.7 Å². The van der Waals surface area contributed by atoms with Crippen LogP contribution in [0.15, 0.2) is 84.0 Å². The topological polar surface area (TPSA) is 71.0 Å². The van der Waals surface area contributed by atoms with Crippen molar-refractivity contribution >= 4 is 23.7 Å². The van der Waals surface area contributed by atoms with E-state index in [0.717, 1.165) is 16.8 Å². The molecular formula is C25H22FN3O3. The van der Waals surface area contributed by atoms with E-state index < -0.39 is 5.92 Å². The fraction of sp³-hybridized carbons (Fsp3) is 0.160. The zero-order chi connectivity index (χ0) is 22.3. The molecule has 3 aromatic carbocycles. The van der Waals surface area contributed by atoms with Crippen LogP contribution in [0.25, 0.3) is 0 Å². The molecule has 0 bridgehead atoms. The summed E-state index contributed by atoms with van der Waals surface area (Å²) in [5.74, 6) is -0.413. The predicted octanol–water partition coefficient (Wildman–Crippen LogP) is 3.91. The van der Waals surface area contributed by atoms with Gasteiger partial charge in [0.25, 0.3) is 0 Å². The average molecular weight is 431 g/mol. The van der Waals surface area contributed by atoms with Gasteiger partial charge >= 0.3 is 0 Å². The fourth-order valence-electron chi connectivity index (χ4n) is 3.40. The number of anilines is 1. The Balaban J connectivity index is 1.26. The number of nitrogens with zero attached hydrogens (tertiary/aromatic N) is 2. The highest BCUT2D eigenvalue weighted by Gasteiger charge is 2.34. The summed E-state index contributed by atoms with van der Waals surface area (Å²) in [5, 5.41) is 4.01. The van der Waals surface area contributed by atoms with Crippen molar-refractivity contribution in [2.75, 3.05) is 11.4 Å². The summed E-state index contributed by atoms with van der Waals surface area (Å²) in [6.45, 7) is 0.675. The first kappa shape index (κ1) is 21.2.